The number of guanidine groups is 1. The fourth-order valence-electron chi connectivity index (χ4n) is 1.75. The van der Waals surface area contributed by atoms with Gasteiger partial charge in [0.2, 0.25) is 0 Å². The summed E-state index contributed by atoms with van der Waals surface area (Å²) in [5, 5.41) is 4.02. The fourth-order valence-corrected chi connectivity index (χ4v) is 3.08. The number of nitrogens with one attached hydrogen (secondary N) is 1. The molecule has 3 nitrogen and oxygen atoms in total. The number of rotatable bonds is 0. The molecule has 1 spiro atoms. The van der Waals surface area contributed by atoms with Crippen LogP contribution in [0.1, 0.15) is 13.3 Å². The van der Waals surface area contributed by atoms with Gasteiger partial charge >= 0.3 is 0 Å². The highest BCUT2D eigenvalue weighted by Gasteiger charge is 2.40. The zero-order valence-electron chi connectivity index (χ0n) is 6.63. The molecule has 2 heterocycles. The molecular formula is C7H13N3S. The molecule has 2 unspecified atom stereocenters. The van der Waals surface area contributed by atoms with E-state index in [4.69, 9.17) is 5.73 Å². The van der Waals surface area contributed by atoms with Crippen LogP contribution in [0.3, 0.4) is 0 Å². The molecule has 3 N–H and O–H groups in total. The molecule has 0 aromatic heterocycles. The summed E-state index contributed by atoms with van der Waals surface area (Å²) >= 11 is 2.00. The average molecular weight is 171 g/mol. The molecule has 62 valence electrons. The van der Waals surface area contributed by atoms with Crippen molar-refractivity contribution in [1.82, 2.24) is 5.32 Å². The van der Waals surface area contributed by atoms with Crippen molar-refractivity contribution in [2.24, 2.45) is 10.7 Å². The van der Waals surface area contributed by atoms with Crippen molar-refractivity contribution in [3.8, 4) is 0 Å². The van der Waals surface area contributed by atoms with Gasteiger partial charge in [-0.05, 0) is 6.42 Å². The Bertz CT molecular complexity index is 204. The Morgan fingerprint density at radius 2 is 2.64 bits per heavy atom. The quantitative estimate of drug-likeness (QED) is 0.546. The van der Waals surface area contributed by atoms with Crippen molar-refractivity contribution >= 4 is 17.7 Å². The number of hydrogen-bond donors (Lipinski definition) is 2. The second kappa shape index (κ2) is 2.30. The normalized spacial score (nSPS) is 42.6. The molecule has 0 saturated carbocycles. The topological polar surface area (TPSA) is 50.4 Å². The smallest absolute Gasteiger partial charge is 0.189 e. The zero-order chi connectivity index (χ0) is 7.90. The van der Waals surface area contributed by atoms with E-state index in [0.29, 0.717) is 5.96 Å². The van der Waals surface area contributed by atoms with E-state index in [2.05, 4.69) is 17.2 Å². The van der Waals surface area contributed by atoms with Crippen LogP contribution in [0, 0.1) is 0 Å². The standard InChI is InChI=1S/C7H13N3S/c1-5-2-7(4-11-5)3-9-6(8)10-7/h5H,2-4H2,1H3,(H3,8,9,10). The van der Waals surface area contributed by atoms with Crippen molar-refractivity contribution < 1.29 is 0 Å². The van der Waals surface area contributed by atoms with Crippen LogP contribution in [0.4, 0.5) is 0 Å². The Balaban J connectivity index is 2.05. The van der Waals surface area contributed by atoms with Gasteiger partial charge in [-0.15, -0.1) is 0 Å². The lowest BCUT2D eigenvalue weighted by molar-refractivity contribution is 0.449. The predicted octanol–water partition coefficient (Wildman–Crippen LogP) is 0.168. The third kappa shape index (κ3) is 1.20. The lowest BCUT2D eigenvalue weighted by Gasteiger charge is -2.21. The fraction of sp³-hybridized carbons (Fsp3) is 0.857. The summed E-state index contributed by atoms with van der Waals surface area (Å²) in [5.74, 6) is 1.78. The predicted molar refractivity (Wildman–Crippen MR) is 48.9 cm³/mol. The molecule has 0 bridgehead atoms. The molecule has 4 heteroatoms. The van der Waals surface area contributed by atoms with Crippen molar-refractivity contribution in [2.75, 3.05) is 12.3 Å². The molecule has 0 amide bonds. The van der Waals surface area contributed by atoms with Gasteiger partial charge in [0.05, 0.1) is 12.1 Å². The van der Waals surface area contributed by atoms with Gasteiger partial charge in [0, 0.05) is 11.0 Å². The third-order valence-corrected chi connectivity index (χ3v) is 3.72. The highest BCUT2D eigenvalue weighted by Crippen LogP contribution is 2.35. The van der Waals surface area contributed by atoms with E-state index in [1.807, 2.05) is 11.8 Å². The van der Waals surface area contributed by atoms with Crippen LogP contribution in [0.25, 0.3) is 0 Å². The van der Waals surface area contributed by atoms with Gasteiger partial charge in [-0.3, -0.25) is 4.99 Å². The number of thioether (sulfide) groups is 1. The van der Waals surface area contributed by atoms with E-state index in [0.717, 1.165) is 17.5 Å². The van der Waals surface area contributed by atoms with E-state index in [1.165, 1.54) is 6.42 Å². The van der Waals surface area contributed by atoms with Gasteiger partial charge in [0.25, 0.3) is 0 Å². The van der Waals surface area contributed by atoms with Gasteiger partial charge in [0.1, 0.15) is 0 Å². The molecule has 2 rings (SSSR count). The lowest BCUT2D eigenvalue weighted by Crippen LogP contribution is -2.48. The molecule has 1 fully saturated rings. The first-order valence-electron chi connectivity index (χ1n) is 3.90. The maximum absolute atomic E-state index is 5.56. The third-order valence-electron chi connectivity index (χ3n) is 2.27. The molecule has 2 atom stereocenters. The summed E-state index contributed by atoms with van der Waals surface area (Å²) < 4.78 is 0. The van der Waals surface area contributed by atoms with Crippen molar-refractivity contribution in [3.05, 3.63) is 0 Å². The van der Waals surface area contributed by atoms with Crippen LogP contribution >= 0.6 is 11.8 Å². The van der Waals surface area contributed by atoms with Gasteiger partial charge in [-0.2, -0.15) is 11.8 Å². The summed E-state index contributed by atoms with van der Waals surface area (Å²) in [5.41, 5.74) is 5.78. The zero-order valence-corrected chi connectivity index (χ0v) is 7.45. The van der Waals surface area contributed by atoms with Gasteiger partial charge in [-0.1, -0.05) is 6.92 Å². The van der Waals surface area contributed by atoms with E-state index in [-0.39, 0.29) is 5.54 Å². The summed E-state index contributed by atoms with van der Waals surface area (Å²) in [6, 6.07) is 0. The number of nitrogens with two attached hydrogens (primary N) is 1. The number of hydrogen-bond acceptors (Lipinski definition) is 4. The molecule has 0 aliphatic carbocycles. The van der Waals surface area contributed by atoms with Gasteiger partial charge in [-0.25, -0.2) is 0 Å². The van der Waals surface area contributed by atoms with Crippen LogP contribution in [0.2, 0.25) is 0 Å². The molecule has 0 radical (unpaired) electrons. The molecular weight excluding hydrogens is 158 g/mol. The molecule has 0 aromatic carbocycles. The second-order valence-corrected chi connectivity index (χ2v) is 4.86. The number of nitrogens with zero attached hydrogens (tertiary/aromatic N) is 1. The largest absolute Gasteiger partial charge is 0.370 e. The number of aliphatic imine (C=N–C) groups is 1. The maximum Gasteiger partial charge on any atom is 0.189 e. The van der Waals surface area contributed by atoms with Gasteiger partial charge < -0.3 is 11.1 Å². The summed E-state index contributed by atoms with van der Waals surface area (Å²) in [6.45, 7) is 3.13. The molecule has 2 aliphatic rings. The van der Waals surface area contributed by atoms with E-state index < -0.39 is 0 Å². The van der Waals surface area contributed by atoms with Crippen molar-refractivity contribution in [3.63, 3.8) is 0 Å². The molecule has 0 aromatic rings. The van der Waals surface area contributed by atoms with E-state index >= 15 is 0 Å². The Kier molecular flexibility index (Phi) is 1.52. The van der Waals surface area contributed by atoms with E-state index in [1.54, 1.807) is 0 Å². The van der Waals surface area contributed by atoms with Crippen LogP contribution < -0.4 is 11.1 Å². The van der Waals surface area contributed by atoms with Crippen molar-refractivity contribution in [2.45, 2.75) is 24.1 Å². The minimum atomic E-state index is 0.216. The monoisotopic (exact) mass is 171 g/mol. The minimum absolute atomic E-state index is 0.216. The minimum Gasteiger partial charge on any atom is -0.370 e. The Morgan fingerprint density at radius 3 is 3.09 bits per heavy atom. The Morgan fingerprint density at radius 1 is 1.82 bits per heavy atom. The molecule has 1 saturated heterocycles. The first-order valence-corrected chi connectivity index (χ1v) is 4.95. The first kappa shape index (κ1) is 7.28. The second-order valence-electron chi connectivity index (χ2n) is 3.43. The molecule has 2 aliphatic heterocycles. The lowest BCUT2D eigenvalue weighted by atomic mass is 9.98. The SMILES string of the molecule is CC1CC2(CN=C(N)N2)CS1. The van der Waals surface area contributed by atoms with Crippen LogP contribution in [-0.2, 0) is 0 Å². The average Bonchev–Trinajstić information content (AvgIpc) is 2.44. The Hall–Kier alpha value is -0.380. The highest BCUT2D eigenvalue weighted by molar-refractivity contribution is 8.00. The summed E-state index contributed by atoms with van der Waals surface area (Å²) in [6.07, 6.45) is 1.20. The summed E-state index contributed by atoms with van der Waals surface area (Å²) in [7, 11) is 0. The van der Waals surface area contributed by atoms with Gasteiger partial charge in [0.15, 0.2) is 5.96 Å². The first-order chi connectivity index (χ1) is 5.20. The van der Waals surface area contributed by atoms with Crippen molar-refractivity contribution in [1.29, 1.82) is 0 Å². The maximum atomic E-state index is 5.56. The van der Waals surface area contributed by atoms with E-state index in [9.17, 15) is 0 Å². The van der Waals surface area contributed by atoms with Crippen LogP contribution in [0.5, 0.6) is 0 Å². The highest BCUT2D eigenvalue weighted by atomic mass is 32.2. The summed E-state index contributed by atoms with van der Waals surface area (Å²) in [4.78, 5) is 4.18. The van der Waals surface area contributed by atoms with Crippen LogP contribution in [-0.4, -0.2) is 29.0 Å². The van der Waals surface area contributed by atoms with Crippen LogP contribution in [0.15, 0.2) is 4.99 Å². The Labute approximate surface area is 70.8 Å². The molecule has 11 heavy (non-hydrogen) atoms.